The first-order valence-electron chi connectivity index (χ1n) is 7.66. The topological polar surface area (TPSA) is 58.2 Å². The van der Waals surface area contributed by atoms with Crippen molar-refractivity contribution in [2.45, 2.75) is 32.2 Å². The van der Waals surface area contributed by atoms with Crippen molar-refractivity contribution in [3.05, 3.63) is 47.3 Å². The van der Waals surface area contributed by atoms with Crippen molar-refractivity contribution in [1.29, 1.82) is 0 Å². The van der Waals surface area contributed by atoms with E-state index < -0.39 is 0 Å². The molecular weight excluding hydrogens is 278 g/mol. The van der Waals surface area contributed by atoms with Gasteiger partial charge in [0, 0.05) is 30.8 Å². The van der Waals surface area contributed by atoms with Gasteiger partial charge in [-0.05, 0) is 24.1 Å². The largest absolute Gasteiger partial charge is 0.497 e. The van der Waals surface area contributed by atoms with E-state index in [0.29, 0.717) is 6.54 Å². The number of methoxy groups -OCH3 is 1. The first-order valence-corrected chi connectivity index (χ1v) is 7.66. The minimum Gasteiger partial charge on any atom is -0.497 e. The second kappa shape index (κ2) is 6.22. The highest BCUT2D eigenvalue weighted by atomic mass is 16.5. The van der Waals surface area contributed by atoms with Crippen molar-refractivity contribution in [2.75, 3.05) is 13.7 Å². The normalized spacial score (nSPS) is 15.3. The van der Waals surface area contributed by atoms with Gasteiger partial charge < -0.3 is 9.64 Å². The molecule has 1 aliphatic rings. The number of aromatic amines is 1. The smallest absolute Gasteiger partial charge is 0.230 e. The molecule has 0 saturated carbocycles. The molecule has 0 spiro atoms. The maximum absolute atomic E-state index is 12.9. The molecule has 0 fully saturated rings. The van der Waals surface area contributed by atoms with Crippen LogP contribution >= 0.6 is 0 Å². The molecule has 1 aromatic carbocycles. The second-order valence-corrected chi connectivity index (χ2v) is 5.62. The number of nitrogens with one attached hydrogen (secondary N) is 1. The molecule has 0 radical (unpaired) electrons. The lowest BCUT2D eigenvalue weighted by Gasteiger charge is -2.30. The standard InChI is InChI=1S/C17H21N3O2/c1-3-15(12-4-6-14(22-2)7-5-12)17(21)20-9-8-16-13(11-20)10-18-19-16/h4-7,10,15H,3,8-9,11H2,1-2H3,(H,18,19). The molecule has 22 heavy (non-hydrogen) atoms. The van der Waals surface area contributed by atoms with Gasteiger partial charge in [0.05, 0.1) is 19.2 Å². The Morgan fingerprint density at radius 1 is 1.41 bits per heavy atom. The van der Waals surface area contributed by atoms with Crippen molar-refractivity contribution >= 4 is 5.91 Å². The van der Waals surface area contributed by atoms with Crippen LogP contribution in [0.5, 0.6) is 5.75 Å². The third-order valence-electron chi connectivity index (χ3n) is 4.34. The highest BCUT2D eigenvalue weighted by molar-refractivity contribution is 5.84. The minimum atomic E-state index is -0.0978. The summed E-state index contributed by atoms with van der Waals surface area (Å²) >= 11 is 0. The van der Waals surface area contributed by atoms with E-state index in [9.17, 15) is 4.79 Å². The van der Waals surface area contributed by atoms with Crippen LogP contribution in [-0.2, 0) is 17.8 Å². The Kier molecular flexibility index (Phi) is 4.13. The molecule has 0 bridgehead atoms. The molecular formula is C17H21N3O2. The van der Waals surface area contributed by atoms with Crippen molar-refractivity contribution in [3.8, 4) is 5.75 Å². The van der Waals surface area contributed by atoms with Crippen molar-refractivity contribution in [2.24, 2.45) is 0 Å². The number of carbonyl (C=O) groups excluding carboxylic acids is 1. The Morgan fingerprint density at radius 3 is 2.86 bits per heavy atom. The fourth-order valence-corrected chi connectivity index (χ4v) is 3.02. The van der Waals surface area contributed by atoms with Crippen molar-refractivity contribution in [1.82, 2.24) is 15.1 Å². The Hall–Kier alpha value is -2.30. The van der Waals surface area contributed by atoms with Gasteiger partial charge in [-0.3, -0.25) is 9.89 Å². The highest BCUT2D eigenvalue weighted by Crippen LogP contribution is 2.27. The van der Waals surface area contributed by atoms with Crippen LogP contribution in [0.2, 0.25) is 0 Å². The Morgan fingerprint density at radius 2 is 2.18 bits per heavy atom. The van der Waals surface area contributed by atoms with Gasteiger partial charge in [-0.15, -0.1) is 0 Å². The zero-order valence-corrected chi connectivity index (χ0v) is 13.0. The number of hydrogen-bond acceptors (Lipinski definition) is 3. The monoisotopic (exact) mass is 299 g/mol. The molecule has 2 heterocycles. The zero-order chi connectivity index (χ0) is 15.5. The van der Waals surface area contributed by atoms with Crippen molar-refractivity contribution < 1.29 is 9.53 Å². The van der Waals surface area contributed by atoms with Crippen LogP contribution < -0.4 is 4.74 Å². The third-order valence-corrected chi connectivity index (χ3v) is 4.34. The van der Waals surface area contributed by atoms with Gasteiger partial charge in [0.15, 0.2) is 0 Å². The van der Waals surface area contributed by atoms with E-state index in [2.05, 4.69) is 17.1 Å². The van der Waals surface area contributed by atoms with Crippen LogP contribution in [0.4, 0.5) is 0 Å². The lowest BCUT2D eigenvalue weighted by Crippen LogP contribution is -2.38. The molecule has 5 heteroatoms. The molecule has 1 atom stereocenters. The predicted molar refractivity (Wildman–Crippen MR) is 83.7 cm³/mol. The Balaban J connectivity index is 1.77. The number of aromatic nitrogens is 2. The fraction of sp³-hybridized carbons (Fsp3) is 0.412. The molecule has 1 unspecified atom stereocenters. The summed E-state index contributed by atoms with van der Waals surface area (Å²) in [5.74, 6) is 0.908. The number of ether oxygens (including phenoxy) is 1. The number of fused-ring (bicyclic) bond motifs is 1. The summed E-state index contributed by atoms with van der Waals surface area (Å²) in [5, 5.41) is 7.07. The average molecular weight is 299 g/mol. The van der Waals surface area contributed by atoms with E-state index in [0.717, 1.165) is 42.0 Å². The molecule has 1 amide bonds. The number of amides is 1. The van der Waals surface area contributed by atoms with E-state index >= 15 is 0 Å². The summed E-state index contributed by atoms with van der Waals surface area (Å²) in [5.41, 5.74) is 3.33. The van der Waals surface area contributed by atoms with Crippen LogP contribution in [0.1, 0.15) is 36.1 Å². The summed E-state index contributed by atoms with van der Waals surface area (Å²) in [4.78, 5) is 14.8. The summed E-state index contributed by atoms with van der Waals surface area (Å²) in [6.45, 7) is 3.46. The van der Waals surface area contributed by atoms with E-state index in [1.165, 1.54) is 0 Å². The van der Waals surface area contributed by atoms with Crippen LogP contribution in [0.3, 0.4) is 0 Å². The number of hydrogen-bond donors (Lipinski definition) is 1. The lowest BCUT2D eigenvalue weighted by molar-refractivity contribution is -0.133. The van der Waals surface area contributed by atoms with Gasteiger partial charge in [-0.2, -0.15) is 5.10 Å². The summed E-state index contributed by atoms with van der Waals surface area (Å²) in [6, 6.07) is 7.79. The second-order valence-electron chi connectivity index (χ2n) is 5.62. The molecule has 116 valence electrons. The number of carbonyl (C=O) groups is 1. The van der Waals surface area contributed by atoms with E-state index in [1.807, 2.05) is 35.4 Å². The first-order chi connectivity index (χ1) is 10.7. The average Bonchev–Trinajstić information content (AvgIpc) is 3.03. The van der Waals surface area contributed by atoms with E-state index in [4.69, 9.17) is 4.74 Å². The number of rotatable bonds is 4. The molecule has 1 aromatic heterocycles. The molecule has 0 aliphatic carbocycles. The SMILES string of the molecule is CCC(C(=O)N1CCc2[nH]ncc2C1)c1ccc(OC)cc1. The fourth-order valence-electron chi connectivity index (χ4n) is 3.02. The van der Waals surface area contributed by atoms with E-state index in [-0.39, 0.29) is 11.8 Å². The van der Waals surface area contributed by atoms with Gasteiger partial charge in [-0.25, -0.2) is 0 Å². The molecule has 5 nitrogen and oxygen atoms in total. The van der Waals surface area contributed by atoms with Crippen LogP contribution in [0, 0.1) is 0 Å². The third kappa shape index (κ3) is 2.71. The summed E-state index contributed by atoms with van der Waals surface area (Å²) in [6.07, 6.45) is 3.46. The maximum atomic E-state index is 12.9. The quantitative estimate of drug-likeness (QED) is 0.943. The molecule has 2 aromatic rings. The van der Waals surface area contributed by atoms with Gasteiger partial charge >= 0.3 is 0 Å². The molecule has 1 N–H and O–H groups in total. The number of nitrogens with zero attached hydrogens (tertiary/aromatic N) is 2. The predicted octanol–water partition coefficient (Wildman–Crippen LogP) is 2.50. The van der Waals surface area contributed by atoms with Gasteiger partial charge in [-0.1, -0.05) is 19.1 Å². The van der Waals surface area contributed by atoms with E-state index in [1.54, 1.807) is 7.11 Å². The zero-order valence-electron chi connectivity index (χ0n) is 13.0. The Bertz CT molecular complexity index is 648. The molecule has 0 saturated heterocycles. The summed E-state index contributed by atoms with van der Waals surface area (Å²) < 4.78 is 5.18. The Labute approximate surface area is 130 Å². The number of H-pyrrole nitrogens is 1. The minimum absolute atomic E-state index is 0.0978. The van der Waals surface area contributed by atoms with Crippen LogP contribution in [-0.4, -0.2) is 34.7 Å². The van der Waals surface area contributed by atoms with Crippen LogP contribution in [0.15, 0.2) is 30.5 Å². The van der Waals surface area contributed by atoms with Crippen LogP contribution in [0.25, 0.3) is 0 Å². The number of benzene rings is 1. The highest BCUT2D eigenvalue weighted by Gasteiger charge is 2.28. The first kappa shape index (κ1) is 14.6. The van der Waals surface area contributed by atoms with Gasteiger partial charge in [0.2, 0.25) is 5.91 Å². The van der Waals surface area contributed by atoms with Crippen molar-refractivity contribution in [3.63, 3.8) is 0 Å². The van der Waals surface area contributed by atoms with Gasteiger partial charge in [0.1, 0.15) is 5.75 Å². The molecule has 3 rings (SSSR count). The lowest BCUT2D eigenvalue weighted by atomic mass is 9.94. The maximum Gasteiger partial charge on any atom is 0.230 e. The van der Waals surface area contributed by atoms with Gasteiger partial charge in [0.25, 0.3) is 0 Å². The summed E-state index contributed by atoms with van der Waals surface area (Å²) in [7, 11) is 1.65. The molecule has 1 aliphatic heterocycles.